The van der Waals surface area contributed by atoms with E-state index in [1.165, 1.54) is 0 Å². The maximum Gasteiger partial charge on any atom is 0.223 e. The topological polar surface area (TPSA) is 45.6 Å². The molecule has 0 amide bonds. The van der Waals surface area contributed by atoms with Crippen LogP contribution in [0.3, 0.4) is 0 Å². The average Bonchev–Trinajstić information content (AvgIpc) is 2.63. The lowest BCUT2D eigenvalue weighted by atomic mass is 9.98. The van der Waals surface area contributed by atoms with E-state index in [0.717, 1.165) is 24.5 Å². The summed E-state index contributed by atoms with van der Waals surface area (Å²) in [4.78, 5) is 23.5. The minimum Gasteiger partial charge on any atom is -0.372 e. The summed E-state index contributed by atoms with van der Waals surface area (Å²) in [6, 6.07) is 9.68. The van der Waals surface area contributed by atoms with Gasteiger partial charge >= 0.3 is 0 Å². The molecular formula is C20H19Cl2N3O. The third-order valence-corrected chi connectivity index (χ3v) is 5.01. The number of aromatic nitrogens is 1. The normalized spacial score (nSPS) is 15.0. The standard InChI is InChI=1S/C20H19Cl2N3O/c1-4-25(5-2)14-8-6-13(7-9-14)24-18-11-17(22)20(26)19-15(18)10-16(21)12(3)23-19/h6-11H,4-5H2,1-3H3. The molecule has 1 aliphatic rings. The summed E-state index contributed by atoms with van der Waals surface area (Å²) in [7, 11) is 0. The van der Waals surface area contributed by atoms with Gasteiger partial charge in [-0.15, -0.1) is 0 Å². The Morgan fingerprint density at radius 2 is 1.77 bits per heavy atom. The molecule has 2 aromatic rings. The van der Waals surface area contributed by atoms with Crippen LogP contribution in [-0.4, -0.2) is 29.6 Å². The summed E-state index contributed by atoms with van der Waals surface area (Å²) >= 11 is 12.3. The number of carbonyl (C=O) groups is 1. The fourth-order valence-electron chi connectivity index (χ4n) is 2.88. The zero-order chi connectivity index (χ0) is 18.8. The fourth-order valence-corrected chi connectivity index (χ4v) is 3.23. The Kier molecular flexibility index (Phi) is 5.44. The number of aliphatic imine (C=N–C) groups is 1. The number of rotatable bonds is 4. The van der Waals surface area contributed by atoms with Gasteiger partial charge in [0.2, 0.25) is 5.78 Å². The van der Waals surface area contributed by atoms with Crippen LogP contribution in [-0.2, 0) is 0 Å². The van der Waals surface area contributed by atoms with Gasteiger partial charge in [-0.25, -0.2) is 9.98 Å². The Balaban J connectivity index is 2.03. The average molecular weight is 388 g/mol. The fraction of sp³-hybridized carbons (Fsp3) is 0.250. The van der Waals surface area contributed by atoms with Gasteiger partial charge in [0.1, 0.15) is 5.69 Å². The van der Waals surface area contributed by atoms with Gasteiger partial charge in [-0.1, -0.05) is 23.2 Å². The number of fused-ring (bicyclic) bond motifs is 1. The van der Waals surface area contributed by atoms with Crippen molar-refractivity contribution in [2.75, 3.05) is 18.0 Å². The molecule has 1 heterocycles. The summed E-state index contributed by atoms with van der Waals surface area (Å²) in [6.07, 6.45) is 1.57. The van der Waals surface area contributed by atoms with E-state index in [9.17, 15) is 4.79 Å². The molecule has 0 radical (unpaired) electrons. The molecule has 3 rings (SSSR count). The predicted molar refractivity (Wildman–Crippen MR) is 108 cm³/mol. The van der Waals surface area contributed by atoms with E-state index < -0.39 is 0 Å². The smallest absolute Gasteiger partial charge is 0.223 e. The minimum absolute atomic E-state index is 0.102. The molecule has 26 heavy (non-hydrogen) atoms. The van der Waals surface area contributed by atoms with Crippen LogP contribution in [0.1, 0.15) is 35.6 Å². The van der Waals surface area contributed by atoms with Crippen LogP contribution in [0.2, 0.25) is 5.02 Å². The Morgan fingerprint density at radius 1 is 1.12 bits per heavy atom. The van der Waals surface area contributed by atoms with Crippen molar-refractivity contribution in [2.24, 2.45) is 4.99 Å². The Labute approximate surface area is 163 Å². The Bertz CT molecular complexity index is 913. The molecule has 0 saturated carbocycles. The summed E-state index contributed by atoms with van der Waals surface area (Å²) in [6.45, 7) is 7.90. The van der Waals surface area contributed by atoms with Gasteiger partial charge in [0.05, 0.1) is 27.1 Å². The van der Waals surface area contributed by atoms with E-state index in [2.05, 4.69) is 28.7 Å². The lowest BCUT2D eigenvalue weighted by molar-refractivity contribution is 0.103. The lowest BCUT2D eigenvalue weighted by Crippen LogP contribution is -2.21. The van der Waals surface area contributed by atoms with Gasteiger partial charge in [-0.05, 0) is 57.2 Å². The molecule has 1 aromatic carbocycles. The predicted octanol–water partition coefficient (Wildman–Crippen LogP) is 5.33. The molecule has 6 heteroatoms. The number of allylic oxidation sites excluding steroid dienone is 2. The zero-order valence-electron chi connectivity index (χ0n) is 14.9. The van der Waals surface area contributed by atoms with Gasteiger partial charge < -0.3 is 4.90 Å². The van der Waals surface area contributed by atoms with Gasteiger partial charge in [0, 0.05) is 24.3 Å². The van der Waals surface area contributed by atoms with Crippen LogP contribution in [0.5, 0.6) is 0 Å². The van der Waals surface area contributed by atoms with Crippen molar-refractivity contribution < 1.29 is 4.79 Å². The first-order chi connectivity index (χ1) is 12.4. The summed E-state index contributed by atoms with van der Waals surface area (Å²) in [5.41, 5.74) is 3.98. The number of nitrogens with zero attached hydrogens (tertiary/aromatic N) is 3. The van der Waals surface area contributed by atoms with Crippen molar-refractivity contribution >= 4 is 46.1 Å². The van der Waals surface area contributed by atoms with Crippen LogP contribution in [0.4, 0.5) is 11.4 Å². The van der Waals surface area contributed by atoms with Gasteiger partial charge in [-0.3, -0.25) is 4.79 Å². The highest BCUT2D eigenvalue weighted by Crippen LogP contribution is 2.28. The van der Waals surface area contributed by atoms with Crippen molar-refractivity contribution in [3.8, 4) is 0 Å². The molecule has 0 aliphatic heterocycles. The van der Waals surface area contributed by atoms with Crippen molar-refractivity contribution in [1.82, 2.24) is 4.98 Å². The van der Waals surface area contributed by atoms with E-state index in [-0.39, 0.29) is 16.5 Å². The van der Waals surface area contributed by atoms with Crippen LogP contribution < -0.4 is 4.90 Å². The van der Waals surface area contributed by atoms with Crippen molar-refractivity contribution in [1.29, 1.82) is 0 Å². The molecule has 0 fully saturated rings. The van der Waals surface area contributed by atoms with Crippen molar-refractivity contribution in [2.45, 2.75) is 20.8 Å². The molecule has 0 bridgehead atoms. The number of hydrogen-bond acceptors (Lipinski definition) is 4. The van der Waals surface area contributed by atoms with Crippen molar-refractivity contribution in [3.63, 3.8) is 0 Å². The second kappa shape index (κ2) is 7.60. The third-order valence-electron chi connectivity index (χ3n) is 4.35. The number of anilines is 1. The molecule has 1 aromatic heterocycles. The Morgan fingerprint density at radius 3 is 2.38 bits per heavy atom. The number of ketones is 1. The van der Waals surface area contributed by atoms with Gasteiger partial charge in [-0.2, -0.15) is 0 Å². The number of benzene rings is 1. The van der Waals surface area contributed by atoms with Crippen LogP contribution >= 0.6 is 23.2 Å². The quantitative estimate of drug-likeness (QED) is 0.711. The summed E-state index contributed by atoms with van der Waals surface area (Å²) in [5.74, 6) is -0.308. The maximum absolute atomic E-state index is 12.3. The number of halogens is 2. The minimum atomic E-state index is -0.308. The number of Topliss-reactive ketones (excluding diaryl/α,β-unsaturated/α-hetero) is 1. The highest BCUT2D eigenvalue weighted by atomic mass is 35.5. The molecule has 0 atom stereocenters. The number of aryl methyl sites for hydroxylation is 1. The van der Waals surface area contributed by atoms with E-state index >= 15 is 0 Å². The van der Waals surface area contributed by atoms with Crippen LogP contribution in [0.25, 0.3) is 0 Å². The zero-order valence-corrected chi connectivity index (χ0v) is 16.4. The van der Waals surface area contributed by atoms with Crippen molar-refractivity contribution in [3.05, 3.63) is 63.4 Å². The first-order valence-corrected chi connectivity index (χ1v) is 9.23. The van der Waals surface area contributed by atoms with Crippen LogP contribution in [0.15, 0.2) is 46.4 Å². The third kappa shape index (κ3) is 3.53. The highest BCUT2D eigenvalue weighted by Gasteiger charge is 2.26. The molecule has 0 unspecified atom stereocenters. The molecule has 4 nitrogen and oxygen atoms in total. The Hall–Kier alpha value is -2.17. The van der Waals surface area contributed by atoms with Gasteiger partial charge in [0.25, 0.3) is 0 Å². The molecule has 0 N–H and O–H groups in total. The first kappa shape index (κ1) is 18.6. The number of carbonyl (C=O) groups excluding carboxylic acids is 1. The largest absolute Gasteiger partial charge is 0.372 e. The van der Waals surface area contributed by atoms with Crippen LogP contribution in [0, 0.1) is 6.92 Å². The number of pyridine rings is 1. The molecule has 0 spiro atoms. The molecule has 1 aliphatic carbocycles. The lowest BCUT2D eigenvalue weighted by Gasteiger charge is -2.21. The van der Waals surface area contributed by atoms with E-state index in [0.29, 0.717) is 22.0 Å². The number of hydrogen-bond donors (Lipinski definition) is 0. The van der Waals surface area contributed by atoms with E-state index in [4.69, 9.17) is 23.2 Å². The van der Waals surface area contributed by atoms with E-state index in [1.54, 1.807) is 19.1 Å². The molecule has 0 saturated heterocycles. The second-order valence-electron chi connectivity index (χ2n) is 5.96. The maximum atomic E-state index is 12.3. The van der Waals surface area contributed by atoms with Gasteiger partial charge in [0.15, 0.2) is 0 Å². The highest BCUT2D eigenvalue weighted by molar-refractivity contribution is 6.49. The monoisotopic (exact) mass is 387 g/mol. The summed E-state index contributed by atoms with van der Waals surface area (Å²) in [5, 5.41) is 0.595. The summed E-state index contributed by atoms with van der Waals surface area (Å²) < 4.78 is 0. The molecule has 134 valence electrons. The van der Waals surface area contributed by atoms with E-state index in [1.807, 2.05) is 24.3 Å². The SMILES string of the molecule is CCN(CC)c1ccc(N=C2C=C(Cl)C(=O)c3nc(C)c(Cl)cc32)cc1. The first-order valence-electron chi connectivity index (χ1n) is 8.47. The second-order valence-corrected chi connectivity index (χ2v) is 6.77. The molecular weight excluding hydrogens is 369 g/mol.